The fourth-order valence-electron chi connectivity index (χ4n) is 3.08. The average Bonchev–Trinajstić information content (AvgIpc) is 2.61. The summed E-state index contributed by atoms with van der Waals surface area (Å²) in [7, 11) is 0. The summed E-state index contributed by atoms with van der Waals surface area (Å²) >= 11 is 0. The van der Waals surface area contributed by atoms with E-state index in [1.54, 1.807) is 0 Å². The Kier molecular flexibility index (Phi) is 5.09. The Bertz CT molecular complexity index is 658. The van der Waals surface area contributed by atoms with Crippen molar-refractivity contribution in [3.63, 3.8) is 0 Å². The van der Waals surface area contributed by atoms with Crippen LogP contribution in [0.1, 0.15) is 28.8 Å². The van der Waals surface area contributed by atoms with Gasteiger partial charge in [0.2, 0.25) is 0 Å². The van der Waals surface area contributed by atoms with Gasteiger partial charge in [-0.05, 0) is 56.0 Å². The Labute approximate surface area is 138 Å². The molecule has 120 valence electrons. The molecule has 0 aromatic heterocycles. The van der Waals surface area contributed by atoms with Gasteiger partial charge in [-0.2, -0.15) is 0 Å². The average molecular weight is 308 g/mol. The molecule has 2 N–H and O–H groups in total. The summed E-state index contributed by atoms with van der Waals surface area (Å²) < 4.78 is 0. The standard InChI is InChI=1S/C20H24N2O/c1-15-6-8-17(9-7-15)18-4-2-3-5-19(18)20(23)22-14-16-10-12-21-13-11-16/h2-9,16,21H,10-14H2,1H3,(H,22,23). The van der Waals surface area contributed by atoms with E-state index in [0.29, 0.717) is 5.92 Å². The van der Waals surface area contributed by atoms with Gasteiger partial charge in [0.15, 0.2) is 0 Å². The lowest BCUT2D eigenvalue weighted by Gasteiger charge is -2.23. The molecule has 2 aromatic carbocycles. The fraction of sp³-hybridized carbons (Fsp3) is 0.350. The highest BCUT2D eigenvalue weighted by Crippen LogP contribution is 2.24. The zero-order valence-corrected chi connectivity index (χ0v) is 13.6. The molecule has 1 heterocycles. The number of carbonyl (C=O) groups is 1. The summed E-state index contributed by atoms with van der Waals surface area (Å²) in [4.78, 5) is 12.6. The maximum atomic E-state index is 12.6. The first-order valence-electron chi connectivity index (χ1n) is 8.39. The summed E-state index contributed by atoms with van der Waals surface area (Å²) in [5, 5.41) is 6.48. The maximum absolute atomic E-state index is 12.6. The first-order chi connectivity index (χ1) is 11.2. The number of benzene rings is 2. The molecule has 1 aliphatic heterocycles. The van der Waals surface area contributed by atoms with E-state index in [2.05, 4.69) is 41.8 Å². The smallest absolute Gasteiger partial charge is 0.251 e. The highest BCUT2D eigenvalue weighted by Gasteiger charge is 2.16. The molecular formula is C20H24N2O. The Morgan fingerprint density at radius 1 is 1.09 bits per heavy atom. The van der Waals surface area contributed by atoms with Crippen LogP contribution in [0, 0.1) is 12.8 Å². The van der Waals surface area contributed by atoms with Crippen LogP contribution in [0.25, 0.3) is 11.1 Å². The first-order valence-corrected chi connectivity index (χ1v) is 8.39. The molecule has 0 atom stereocenters. The molecule has 1 aliphatic rings. The molecule has 1 fully saturated rings. The quantitative estimate of drug-likeness (QED) is 0.909. The number of amides is 1. The van der Waals surface area contributed by atoms with Crippen LogP contribution in [0.2, 0.25) is 0 Å². The Balaban J connectivity index is 1.74. The molecule has 3 rings (SSSR count). The normalized spacial score (nSPS) is 15.3. The van der Waals surface area contributed by atoms with Gasteiger partial charge in [0, 0.05) is 12.1 Å². The maximum Gasteiger partial charge on any atom is 0.251 e. The van der Waals surface area contributed by atoms with E-state index in [-0.39, 0.29) is 5.91 Å². The van der Waals surface area contributed by atoms with E-state index in [1.165, 1.54) is 5.56 Å². The van der Waals surface area contributed by atoms with Crippen LogP contribution in [0.4, 0.5) is 0 Å². The van der Waals surface area contributed by atoms with E-state index in [9.17, 15) is 4.79 Å². The summed E-state index contributed by atoms with van der Waals surface area (Å²) in [6.45, 7) is 4.95. The van der Waals surface area contributed by atoms with Gasteiger partial charge in [-0.15, -0.1) is 0 Å². The van der Waals surface area contributed by atoms with Crippen LogP contribution in [-0.4, -0.2) is 25.5 Å². The van der Waals surface area contributed by atoms with E-state index in [4.69, 9.17) is 0 Å². The zero-order chi connectivity index (χ0) is 16.1. The molecule has 1 saturated heterocycles. The van der Waals surface area contributed by atoms with E-state index in [0.717, 1.165) is 49.2 Å². The molecule has 0 bridgehead atoms. The van der Waals surface area contributed by atoms with Gasteiger partial charge in [0.05, 0.1) is 0 Å². The molecule has 3 heteroatoms. The second-order valence-electron chi connectivity index (χ2n) is 6.32. The summed E-state index contributed by atoms with van der Waals surface area (Å²) in [6, 6.07) is 16.2. The molecule has 0 unspecified atom stereocenters. The Hall–Kier alpha value is -2.13. The van der Waals surface area contributed by atoms with Gasteiger partial charge in [0.1, 0.15) is 0 Å². The van der Waals surface area contributed by atoms with Crippen LogP contribution >= 0.6 is 0 Å². The van der Waals surface area contributed by atoms with Crippen LogP contribution in [-0.2, 0) is 0 Å². The molecule has 0 spiro atoms. The monoisotopic (exact) mass is 308 g/mol. The summed E-state index contributed by atoms with van der Waals surface area (Å²) in [5.74, 6) is 0.617. The van der Waals surface area contributed by atoms with Gasteiger partial charge in [-0.3, -0.25) is 4.79 Å². The van der Waals surface area contributed by atoms with E-state index >= 15 is 0 Å². The lowest BCUT2D eigenvalue weighted by Crippen LogP contribution is -2.36. The zero-order valence-electron chi connectivity index (χ0n) is 13.6. The van der Waals surface area contributed by atoms with Crippen LogP contribution in [0.5, 0.6) is 0 Å². The van der Waals surface area contributed by atoms with Gasteiger partial charge in [0.25, 0.3) is 5.91 Å². The number of hydrogen-bond donors (Lipinski definition) is 2. The predicted octanol–water partition coefficient (Wildman–Crippen LogP) is 3.39. The SMILES string of the molecule is Cc1ccc(-c2ccccc2C(=O)NCC2CCNCC2)cc1. The third kappa shape index (κ3) is 3.99. The molecule has 0 radical (unpaired) electrons. The minimum absolute atomic E-state index is 0.0275. The van der Waals surface area contributed by atoms with Crippen molar-refractivity contribution in [2.75, 3.05) is 19.6 Å². The van der Waals surface area contributed by atoms with Crippen molar-refractivity contribution >= 4 is 5.91 Å². The van der Waals surface area contributed by atoms with Crippen LogP contribution < -0.4 is 10.6 Å². The van der Waals surface area contributed by atoms with Crippen LogP contribution in [0.15, 0.2) is 48.5 Å². The molecule has 0 aliphatic carbocycles. The van der Waals surface area contributed by atoms with Crippen molar-refractivity contribution in [1.82, 2.24) is 10.6 Å². The number of hydrogen-bond acceptors (Lipinski definition) is 2. The first kappa shape index (κ1) is 15.8. The highest BCUT2D eigenvalue weighted by atomic mass is 16.1. The molecule has 1 amide bonds. The van der Waals surface area contributed by atoms with Crippen molar-refractivity contribution in [2.45, 2.75) is 19.8 Å². The van der Waals surface area contributed by atoms with Crippen molar-refractivity contribution < 1.29 is 4.79 Å². The molecule has 0 saturated carbocycles. The fourth-order valence-corrected chi connectivity index (χ4v) is 3.08. The summed E-state index contributed by atoms with van der Waals surface area (Å²) in [6.07, 6.45) is 2.28. The molecule has 23 heavy (non-hydrogen) atoms. The molecular weight excluding hydrogens is 284 g/mol. The number of rotatable bonds is 4. The Morgan fingerprint density at radius 2 is 1.78 bits per heavy atom. The molecule has 2 aromatic rings. The third-order valence-corrected chi connectivity index (χ3v) is 4.54. The largest absolute Gasteiger partial charge is 0.352 e. The lowest BCUT2D eigenvalue weighted by atomic mass is 9.96. The number of carbonyl (C=O) groups excluding carboxylic acids is 1. The van der Waals surface area contributed by atoms with Gasteiger partial charge < -0.3 is 10.6 Å². The van der Waals surface area contributed by atoms with E-state index in [1.807, 2.05) is 24.3 Å². The van der Waals surface area contributed by atoms with Crippen molar-refractivity contribution in [1.29, 1.82) is 0 Å². The topological polar surface area (TPSA) is 41.1 Å². The predicted molar refractivity (Wildman–Crippen MR) is 94.5 cm³/mol. The minimum Gasteiger partial charge on any atom is -0.352 e. The van der Waals surface area contributed by atoms with Gasteiger partial charge >= 0.3 is 0 Å². The second-order valence-corrected chi connectivity index (χ2v) is 6.32. The number of piperidine rings is 1. The number of aryl methyl sites for hydroxylation is 1. The van der Waals surface area contributed by atoms with Gasteiger partial charge in [-0.1, -0.05) is 48.0 Å². The highest BCUT2D eigenvalue weighted by molar-refractivity contribution is 6.00. The van der Waals surface area contributed by atoms with Gasteiger partial charge in [-0.25, -0.2) is 0 Å². The minimum atomic E-state index is 0.0275. The molecule has 3 nitrogen and oxygen atoms in total. The third-order valence-electron chi connectivity index (χ3n) is 4.54. The Morgan fingerprint density at radius 3 is 2.52 bits per heavy atom. The van der Waals surface area contributed by atoms with Crippen molar-refractivity contribution in [2.24, 2.45) is 5.92 Å². The van der Waals surface area contributed by atoms with Crippen molar-refractivity contribution in [3.05, 3.63) is 59.7 Å². The summed E-state index contributed by atoms with van der Waals surface area (Å²) in [5.41, 5.74) is 4.06. The second kappa shape index (κ2) is 7.42. The number of nitrogens with one attached hydrogen (secondary N) is 2. The van der Waals surface area contributed by atoms with Crippen LogP contribution in [0.3, 0.4) is 0 Å². The lowest BCUT2D eigenvalue weighted by molar-refractivity contribution is 0.0945. The van der Waals surface area contributed by atoms with Crippen molar-refractivity contribution in [3.8, 4) is 11.1 Å². The van der Waals surface area contributed by atoms with E-state index < -0.39 is 0 Å².